The summed E-state index contributed by atoms with van der Waals surface area (Å²) in [5, 5.41) is 19.8. The van der Waals surface area contributed by atoms with Crippen LogP contribution in [0, 0.1) is 0 Å². The van der Waals surface area contributed by atoms with Crippen molar-refractivity contribution in [1.82, 2.24) is 0 Å². The summed E-state index contributed by atoms with van der Waals surface area (Å²) in [4.78, 5) is 26.5. The molecule has 0 saturated carbocycles. The SMILES string of the molecule is C=CCOc1ccc(C(=O)c2ccc(N(CC)CC)cc2O)c(C(=O)O)c1. The van der Waals surface area contributed by atoms with E-state index in [2.05, 4.69) is 6.58 Å². The van der Waals surface area contributed by atoms with E-state index >= 15 is 0 Å². The number of aromatic hydroxyl groups is 1. The van der Waals surface area contributed by atoms with Crippen LogP contribution in [0.5, 0.6) is 11.5 Å². The molecule has 0 aromatic heterocycles. The van der Waals surface area contributed by atoms with Gasteiger partial charge in [-0.2, -0.15) is 0 Å². The van der Waals surface area contributed by atoms with Gasteiger partial charge in [0.2, 0.25) is 0 Å². The molecule has 27 heavy (non-hydrogen) atoms. The van der Waals surface area contributed by atoms with E-state index in [1.807, 2.05) is 18.7 Å². The molecular formula is C21H23NO5. The molecule has 6 nitrogen and oxygen atoms in total. The van der Waals surface area contributed by atoms with Crippen molar-refractivity contribution in [2.24, 2.45) is 0 Å². The summed E-state index contributed by atoms with van der Waals surface area (Å²) in [5.41, 5.74) is 0.641. The molecule has 0 spiro atoms. The first kappa shape index (κ1) is 20.0. The highest BCUT2D eigenvalue weighted by Gasteiger charge is 2.22. The van der Waals surface area contributed by atoms with Crippen LogP contribution in [0.15, 0.2) is 49.1 Å². The standard InChI is InChI=1S/C21H23NO5/c1-4-11-27-15-8-10-16(18(13-15)21(25)26)20(24)17-9-7-14(12-19(17)23)22(5-2)6-3/h4,7-10,12-13,23H,1,5-6,11H2,2-3H3,(H,25,26). The van der Waals surface area contributed by atoms with E-state index in [-0.39, 0.29) is 29.0 Å². The Morgan fingerprint density at radius 2 is 1.74 bits per heavy atom. The van der Waals surface area contributed by atoms with Gasteiger partial charge in [-0.15, -0.1) is 0 Å². The van der Waals surface area contributed by atoms with Crippen molar-refractivity contribution in [1.29, 1.82) is 0 Å². The number of nitrogens with zero attached hydrogens (tertiary/aromatic N) is 1. The van der Waals surface area contributed by atoms with E-state index in [0.717, 1.165) is 18.8 Å². The van der Waals surface area contributed by atoms with Gasteiger partial charge in [-0.1, -0.05) is 12.7 Å². The number of ketones is 1. The lowest BCUT2D eigenvalue weighted by molar-refractivity contribution is 0.0692. The molecule has 142 valence electrons. The maximum atomic E-state index is 12.8. The number of aromatic carboxylic acids is 1. The number of hydrogen-bond acceptors (Lipinski definition) is 5. The number of carbonyl (C=O) groups excluding carboxylic acids is 1. The lowest BCUT2D eigenvalue weighted by Crippen LogP contribution is -2.21. The third-order valence-corrected chi connectivity index (χ3v) is 4.19. The molecule has 0 bridgehead atoms. The van der Waals surface area contributed by atoms with Gasteiger partial charge in [-0.3, -0.25) is 4.79 Å². The number of hydrogen-bond donors (Lipinski definition) is 2. The summed E-state index contributed by atoms with van der Waals surface area (Å²) in [6, 6.07) is 8.97. The Balaban J connectivity index is 2.42. The largest absolute Gasteiger partial charge is 0.507 e. The first-order valence-electron chi connectivity index (χ1n) is 8.66. The molecule has 0 aliphatic rings. The minimum Gasteiger partial charge on any atom is -0.507 e. The van der Waals surface area contributed by atoms with E-state index in [1.165, 1.54) is 36.4 Å². The van der Waals surface area contributed by atoms with E-state index in [0.29, 0.717) is 5.75 Å². The Hall–Kier alpha value is -3.28. The molecule has 0 aliphatic heterocycles. The number of benzene rings is 2. The zero-order chi connectivity index (χ0) is 20.0. The summed E-state index contributed by atoms with van der Waals surface area (Å²) in [6.45, 7) is 9.27. The van der Waals surface area contributed by atoms with Gasteiger partial charge in [0.25, 0.3) is 0 Å². The first-order valence-corrected chi connectivity index (χ1v) is 8.66. The molecule has 0 fully saturated rings. The van der Waals surface area contributed by atoms with Gasteiger partial charge in [0.15, 0.2) is 5.78 Å². The van der Waals surface area contributed by atoms with E-state index in [1.54, 1.807) is 6.07 Å². The Morgan fingerprint density at radius 3 is 2.30 bits per heavy atom. The van der Waals surface area contributed by atoms with Crippen molar-refractivity contribution in [2.75, 3.05) is 24.6 Å². The second kappa shape index (κ2) is 8.89. The summed E-state index contributed by atoms with van der Waals surface area (Å²) in [6.07, 6.45) is 1.54. The number of rotatable bonds is 9. The van der Waals surface area contributed by atoms with Crippen molar-refractivity contribution in [3.63, 3.8) is 0 Å². The third kappa shape index (κ3) is 4.47. The number of anilines is 1. The molecule has 2 aromatic carbocycles. The molecule has 0 amide bonds. The molecule has 0 unspecified atom stereocenters. The zero-order valence-electron chi connectivity index (χ0n) is 15.4. The lowest BCUT2D eigenvalue weighted by atomic mass is 9.97. The normalized spacial score (nSPS) is 10.3. The Labute approximate surface area is 158 Å². The van der Waals surface area contributed by atoms with Crippen molar-refractivity contribution >= 4 is 17.4 Å². The van der Waals surface area contributed by atoms with E-state index in [9.17, 15) is 19.8 Å². The number of carbonyl (C=O) groups is 2. The smallest absolute Gasteiger partial charge is 0.336 e. The average Bonchev–Trinajstić information content (AvgIpc) is 2.66. The fourth-order valence-corrected chi connectivity index (χ4v) is 2.79. The minimum atomic E-state index is -1.25. The molecular weight excluding hydrogens is 346 g/mol. The molecule has 2 rings (SSSR count). The minimum absolute atomic E-state index is 0.0145. The second-order valence-corrected chi connectivity index (χ2v) is 5.82. The maximum absolute atomic E-state index is 12.8. The van der Waals surface area contributed by atoms with Crippen molar-refractivity contribution in [3.05, 3.63) is 65.7 Å². The molecule has 2 aromatic rings. The van der Waals surface area contributed by atoms with Gasteiger partial charge in [0, 0.05) is 30.4 Å². The first-order chi connectivity index (χ1) is 12.9. The van der Waals surface area contributed by atoms with Crippen LogP contribution in [0.1, 0.15) is 40.1 Å². The summed E-state index contributed by atoms with van der Waals surface area (Å²) >= 11 is 0. The summed E-state index contributed by atoms with van der Waals surface area (Å²) < 4.78 is 5.33. The van der Waals surface area contributed by atoms with Crippen LogP contribution < -0.4 is 9.64 Å². The van der Waals surface area contributed by atoms with Crippen LogP contribution in [0.2, 0.25) is 0 Å². The molecule has 0 heterocycles. The van der Waals surface area contributed by atoms with Crippen LogP contribution >= 0.6 is 0 Å². The molecule has 6 heteroatoms. The number of carboxylic acids is 1. The predicted molar refractivity (Wildman–Crippen MR) is 104 cm³/mol. The number of ether oxygens (including phenoxy) is 1. The van der Waals surface area contributed by atoms with Crippen LogP contribution in [0.4, 0.5) is 5.69 Å². The number of phenolic OH excluding ortho intramolecular Hbond substituents is 1. The fraction of sp³-hybridized carbons (Fsp3) is 0.238. The fourth-order valence-electron chi connectivity index (χ4n) is 2.79. The van der Waals surface area contributed by atoms with Crippen molar-refractivity contribution < 1.29 is 24.5 Å². The number of carboxylic acid groups (broad SMARTS) is 1. The lowest BCUT2D eigenvalue weighted by Gasteiger charge is -2.21. The average molecular weight is 369 g/mol. The molecule has 0 atom stereocenters. The zero-order valence-corrected chi connectivity index (χ0v) is 15.4. The van der Waals surface area contributed by atoms with Gasteiger partial charge in [0.05, 0.1) is 11.1 Å². The van der Waals surface area contributed by atoms with Crippen LogP contribution in [-0.2, 0) is 0 Å². The topological polar surface area (TPSA) is 87.1 Å². The molecule has 0 radical (unpaired) electrons. The van der Waals surface area contributed by atoms with Gasteiger partial charge in [-0.25, -0.2) is 4.79 Å². The molecule has 0 aliphatic carbocycles. The maximum Gasteiger partial charge on any atom is 0.336 e. The monoisotopic (exact) mass is 369 g/mol. The third-order valence-electron chi connectivity index (χ3n) is 4.19. The van der Waals surface area contributed by atoms with Crippen molar-refractivity contribution in [3.8, 4) is 11.5 Å². The second-order valence-electron chi connectivity index (χ2n) is 5.82. The quantitative estimate of drug-likeness (QED) is 0.517. The van der Waals surface area contributed by atoms with Crippen LogP contribution in [0.3, 0.4) is 0 Å². The summed E-state index contributed by atoms with van der Waals surface area (Å²) in [7, 11) is 0. The highest BCUT2D eigenvalue weighted by Crippen LogP contribution is 2.28. The van der Waals surface area contributed by atoms with Crippen molar-refractivity contribution in [2.45, 2.75) is 13.8 Å². The highest BCUT2D eigenvalue weighted by atomic mass is 16.5. The van der Waals surface area contributed by atoms with Gasteiger partial charge in [-0.05, 0) is 44.2 Å². The van der Waals surface area contributed by atoms with E-state index < -0.39 is 11.8 Å². The van der Waals surface area contributed by atoms with Crippen LogP contribution in [-0.4, -0.2) is 41.7 Å². The summed E-state index contributed by atoms with van der Waals surface area (Å²) in [5.74, 6) is -1.68. The van der Waals surface area contributed by atoms with Gasteiger partial charge < -0.3 is 19.8 Å². The van der Waals surface area contributed by atoms with Gasteiger partial charge in [0.1, 0.15) is 18.1 Å². The van der Waals surface area contributed by atoms with E-state index in [4.69, 9.17) is 4.74 Å². The molecule has 0 saturated heterocycles. The highest BCUT2D eigenvalue weighted by molar-refractivity contribution is 6.15. The number of phenols is 1. The van der Waals surface area contributed by atoms with Crippen LogP contribution in [0.25, 0.3) is 0 Å². The van der Waals surface area contributed by atoms with Gasteiger partial charge >= 0.3 is 5.97 Å². The Kier molecular flexibility index (Phi) is 6.60. The Morgan fingerprint density at radius 1 is 1.07 bits per heavy atom. The Bertz CT molecular complexity index is 856. The molecule has 2 N–H and O–H groups in total. The predicted octanol–water partition coefficient (Wildman–Crippen LogP) is 3.73.